The second-order valence-corrected chi connectivity index (χ2v) is 20.6. The van der Waals surface area contributed by atoms with E-state index in [-0.39, 0.29) is 14.5 Å². The van der Waals surface area contributed by atoms with E-state index >= 15 is 0 Å². The summed E-state index contributed by atoms with van der Waals surface area (Å²) in [6.07, 6.45) is 5.80. The molecule has 0 nitrogen and oxygen atoms in total. The van der Waals surface area contributed by atoms with Crippen molar-refractivity contribution in [3.63, 3.8) is 0 Å². The third-order valence-corrected chi connectivity index (χ3v) is 12.4. The van der Waals surface area contributed by atoms with Gasteiger partial charge in [-0.3, -0.25) is 0 Å². The van der Waals surface area contributed by atoms with Crippen LogP contribution in [0.2, 0.25) is 0 Å². The number of hydrogen-bond donors (Lipinski definition) is 0. The molecule has 0 saturated carbocycles. The van der Waals surface area contributed by atoms with Gasteiger partial charge in [0.15, 0.2) is 0 Å². The summed E-state index contributed by atoms with van der Waals surface area (Å²) in [5, 5.41) is 0. The third kappa shape index (κ3) is 5.73. The van der Waals surface area contributed by atoms with Gasteiger partial charge >= 0.3 is 219 Å². The van der Waals surface area contributed by atoms with Gasteiger partial charge in [0.05, 0.1) is 0 Å². The Morgan fingerprint density at radius 2 is 1.48 bits per heavy atom. The Balaban J connectivity index is 2.38. The Hall–Kier alpha value is -0.357. The Morgan fingerprint density at radius 1 is 0.909 bits per heavy atom. The van der Waals surface area contributed by atoms with Crippen molar-refractivity contribution in [1.29, 1.82) is 0 Å². The van der Waals surface area contributed by atoms with Crippen LogP contribution in [-0.4, -0.2) is 0 Å². The summed E-state index contributed by atoms with van der Waals surface area (Å²) in [7, 11) is 13.6. The van der Waals surface area contributed by atoms with E-state index in [2.05, 4.69) is 98.7 Å². The maximum absolute atomic E-state index is 6.80. The number of fused-ring (bicyclic) bond motifs is 1. The molecule has 33 heavy (non-hydrogen) atoms. The van der Waals surface area contributed by atoms with Crippen LogP contribution in [0.4, 0.5) is 0 Å². The predicted molar refractivity (Wildman–Crippen MR) is 145 cm³/mol. The van der Waals surface area contributed by atoms with E-state index in [1.807, 2.05) is 0 Å². The van der Waals surface area contributed by atoms with Gasteiger partial charge in [0.2, 0.25) is 0 Å². The summed E-state index contributed by atoms with van der Waals surface area (Å²) in [5.41, 5.74) is 11.4. The molecule has 0 radical (unpaired) electrons. The SMILES string of the molecule is CCCc1ccc2c(c1-c1cc(C(C)(C)C)cc(C(C)(C)C)c1)C=C(C(C)CC)[CH]2[Zr]([Cl])[Cl]. The molecule has 0 aliphatic heterocycles. The molecule has 0 saturated heterocycles. The minimum atomic E-state index is -2.55. The molecule has 0 aromatic heterocycles. The fourth-order valence-electron chi connectivity index (χ4n) is 4.88. The van der Waals surface area contributed by atoms with Gasteiger partial charge in [-0.05, 0) is 0 Å². The number of allylic oxidation sites excluding steroid dienone is 1. The molecule has 1 aliphatic carbocycles. The second kappa shape index (κ2) is 10.3. The molecule has 0 spiro atoms. The van der Waals surface area contributed by atoms with Crippen LogP contribution in [0.3, 0.4) is 0 Å². The summed E-state index contributed by atoms with van der Waals surface area (Å²) in [4.78, 5) is 0. The number of benzene rings is 2. The van der Waals surface area contributed by atoms with E-state index < -0.39 is 19.4 Å². The molecule has 2 aromatic rings. The van der Waals surface area contributed by atoms with Crippen molar-refractivity contribution in [1.82, 2.24) is 0 Å². The van der Waals surface area contributed by atoms with Crippen LogP contribution in [0.25, 0.3) is 17.2 Å². The average molecular weight is 564 g/mol. The minimum absolute atomic E-state index is 0.0896. The molecule has 3 heteroatoms. The standard InChI is InChI=1S/C30H41.2ClH.Zr/c1-10-12-21-13-14-22-15-23(20(3)11-2)18-27(22)28(21)24-16-25(29(4,5)6)19-26(17-24)30(7,8)9;;;/h13-20H,10-12H2,1-9H3;2*1H;/q;;;+2/p-2. The zero-order valence-electron chi connectivity index (χ0n) is 22.0. The summed E-state index contributed by atoms with van der Waals surface area (Å²) in [6, 6.07) is 12.0. The second-order valence-electron chi connectivity index (χ2n) is 11.8. The van der Waals surface area contributed by atoms with Gasteiger partial charge in [-0.25, -0.2) is 0 Å². The zero-order valence-corrected chi connectivity index (χ0v) is 26.0. The third-order valence-electron chi connectivity index (χ3n) is 7.19. The molecule has 1 aliphatic rings. The molecule has 0 N–H and O–H groups in total. The molecule has 0 bridgehead atoms. The molecular weight excluding hydrogens is 522 g/mol. The number of rotatable bonds is 6. The van der Waals surface area contributed by atoms with Gasteiger partial charge in [0.25, 0.3) is 0 Å². The molecule has 2 atom stereocenters. The predicted octanol–water partition coefficient (Wildman–Crippen LogP) is 10.3. The van der Waals surface area contributed by atoms with Crippen LogP contribution >= 0.6 is 17.0 Å². The number of aryl methyl sites for hydroxylation is 1. The Bertz CT molecular complexity index is 1000. The van der Waals surface area contributed by atoms with E-state index in [0.717, 1.165) is 19.3 Å². The average Bonchev–Trinajstić information content (AvgIpc) is 3.11. The Morgan fingerprint density at radius 3 is 1.94 bits per heavy atom. The first-order valence-corrected chi connectivity index (χ1v) is 20.3. The van der Waals surface area contributed by atoms with Crippen molar-refractivity contribution in [3.05, 3.63) is 63.7 Å². The van der Waals surface area contributed by atoms with Crippen LogP contribution in [0.1, 0.15) is 107 Å². The van der Waals surface area contributed by atoms with E-state index in [9.17, 15) is 0 Å². The number of halogens is 2. The molecule has 3 rings (SSSR count). The first-order valence-electron chi connectivity index (χ1n) is 12.5. The normalized spacial score (nSPS) is 17.1. The van der Waals surface area contributed by atoms with Crippen LogP contribution in [0, 0.1) is 5.92 Å². The van der Waals surface area contributed by atoms with Gasteiger partial charge in [-0.15, -0.1) is 0 Å². The van der Waals surface area contributed by atoms with Crippen LogP contribution < -0.4 is 0 Å². The molecule has 0 heterocycles. The quantitative estimate of drug-likeness (QED) is 0.328. The van der Waals surface area contributed by atoms with E-state index in [1.165, 1.54) is 44.5 Å². The van der Waals surface area contributed by atoms with Crippen molar-refractivity contribution in [2.75, 3.05) is 0 Å². The van der Waals surface area contributed by atoms with Gasteiger partial charge < -0.3 is 0 Å². The van der Waals surface area contributed by atoms with Crippen molar-refractivity contribution >= 4 is 23.1 Å². The molecule has 179 valence electrons. The molecule has 2 unspecified atom stereocenters. The van der Waals surface area contributed by atoms with Gasteiger partial charge in [0, 0.05) is 0 Å². The van der Waals surface area contributed by atoms with Gasteiger partial charge in [0.1, 0.15) is 0 Å². The van der Waals surface area contributed by atoms with Crippen molar-refractivity contribution in [3.8, 4) is 11.1 Å². The van der Waals surface area contributed by atoms with Crippen molar-refractivity contribution < 1.29 is 19.4 Å². The fraction of sp³-hybridized carbons (Fsp3) is 0.533. The summed E-state index contributed by atoms with van der Waals surface area (Å²) in [6.45, 7) is 20.8. The molecule has 0 amide bonds. The van der Waals surface area contributed by atoms with E-state index in [1.54, 1.807) is 0 Å². The summed E-state index contributed by atoms with van der Waals surface area (Å²) < 4.78 is 0.267. The molecular formula is C30H41Cl2Zr. The fourth-order valence-corrected chi connectivity index (χ4v) is 10.5. The summed E-state index contributed by atoms with van der Waals surface area (Å²) >= 11 is -2.55. The van der Waals surface area contributed by atoms with Gasteiger partial charge in [-0.1, -0.05) is 0 Å². The first-order chi connectivity index (χ1) is 15.3. The van der Waals surface area contributed by atoms with E-state index in [0.29, 0.717) is 5.92 Å². The van der Waals surface area contributed by atoms with Crippen molar-refractivity contribution in [2.24, 2.45) is 5.92 Å². The Labute approximate surface area is 217 Å². The molecule has 0 fully saturated rings. The van der Waals surface area contributed by atoms with Crippen molar-refractivity contribution in [2.45, 2.75) is 96.0 Å². The van der Waals surface area contributed by atoms with Crippen LogP contribution in [-0.2, 0) is 36.6 Å². The number of hydrogen-bond acceptors (Lipinski definition) is 0. The monoisotopic (exact) mass is 561 g/mol. The zero-order chi connectivity index (χ0) is 24.7. The maximum atomic E-state index is 6.80. The van der Waals surface area contributed by atoms with Crippen LogP contribution in [0.5, 0.6) is 0 Å². The summed E-state index contributed by atoms with van der Waals surface area (Å²) in [5.74, 6) is 0.504. The topological polar surface area (TPSA) is 0 Å². The van der Waals surface area contributed by atoms with E-state index in [4.69, 9.17) is 17.0 Å². The van der Waals surface area contributed by atoms with Crippen LogP contribution in [0.15, 0.2) is 35.9 Å². The van der Waals surface area contributed by atoms with Gasteiger partial charge in [-0.2, -0.15) is 0 Å². The Kier molecular flexibility index (Phi) is 8.52. The molecule has 2 aromatic carbocycles. The first kappa shape index (κ1) is 27.2.